The topological polar surface area (TPSA) is 93.4 Å². The molecular formula is C20H20BrN3O3S2. The highest BCUT2D eigenvalue weighted by Crippen LogP contribution is 2.27. The summed E-state index contributed by atoms with van der Waals surface area (Å²) in [5.41, 5.74) is 2.54. The van der Waals surface area contributed by atoms with Crippen LogP contribution in [0.3, 0.4) is 0 Å². The van der Waals surface area contributed by atoms with E-state index >= 15 is 0 Å². The van der Waals surface area contributed by atoms with Crippen molar-refractivity contribution in [2.75, 3.05) is 7.05 Å². The Kier molecular flexibility index (Phi) is 6.52. The van der Waals surface area contributed by atoms with Crippen LogP contribution in [0.5, 0.6) is 0 Å². The van der Waals surface area contributed by atoms with Crippen LogP contribution in [0.25, 0.3) is 10.6 Å². The van der Waals surface area contributed by atoms with Gasteiger partial charge in [-0.25, -0.2) is 18.5 Å². The predicted octanol–water partition coefficient (Wildman–Crippen LogP) is 3.98. The summed E-state index contributed by atoms with van der Waals surface area (Å²) in [6, 6.07) is 13.9. The number of aromatic nitrogens is 1. The van der Waals surface area contributed by atoms with E-state index in [1.54, 1.807) is 24.1 Å². The van der Waals surface area contributed by atoms with Gasteiger partial charge in [-0.2, -0.15) is 0 Å². The van der Waals surface area contributed by atoms with E-state index in [9.17, 15) is 13.2 Å². The van der Waals surface area contributed by atoms with E-state index in [4.69, 9.17) is 5.14 Å². The van der Waals surface area contributed by atoms with Gasteiger partial charge in [-0.05, 0) is 36.8 Å². The van der Waals surface area contributed by atoms with Crippen LogP contribution in [0.1, 0.15) is 24.2 Å². The Morgan fingerprint density at radius 2 is 1.93 bits per heavy atom. The SMILES string of the molecule is CC(c1ccc(S(N)(=O)=O)cc1)N(C)C(=O)Cc1csc(-c2cccc(Br)c2)n1. The van der Waals surface area contributed by atoms with E-state index in [2.05, 4.69) is 20.9 Å². The average Bonchev–Trinajstić information content (AvgIpc) is 3.14. The summed E-state index contributed by atoms with van der Waals surface area (Å²) in [4.78, 5) is 19.0. The molecule has 1 heterocycles. The number of hydrogen-bond donors (Lipinski definition) is 1. The smallest absolute Gasteiger partial charge is 0.238 e. The molecule has 0 saturated heterocycles. The number of sulfonamides is 1. The molecular weight excluding hydrogens is 474 g/mol. The lowest BCUT2D eigenvalue weighted by Gasteiger charge is -2.25. The largest absolute Gasteiger partial charge is 0.339 e. The molecule has 0 radical (unpaired) electrons. The fourth-order valence-electron chi connectivity index (χ4n) is 2.80. The Hall–Kier alpha value is -2.07. The first-order valence-corrected chi connectivity index (χ1v) is 12.0. The van der Waals surface area contributed by atoms with Gasteiger partial charge >= 0.3 is 0 Å². The molecule has 2 N–H and O–H groups in total. The van der Waals surface area contributed by atoms with E-state index in [1.807, 2.05) is 36.6 Å². The molecule has 0 saturated carbocycles. The van der Waals surface area contributed by atoms with Gasteiger partial charge in [-0.15, -0.1) is 11.3 Å². The summed E-state index contributed by atoms with van der Waals surface area (Å²) < 4.78 is 23.8. The predicted molar refractivity (Wildman–Crippen MR) is 118 cm³/mol. The van der Waals surface area contributed by atoms with Crippen molar-refractivity contribution in [1.82, 2.24) is 9.88 Å². The molecule has 0 bridgehead atoms. The van der Waals surface area contributed by atoms with Crippen LogP contribution in [0.15, 0.2) is 63.3 Å². The van der Waals surface area contributed by atoms with Gasteiger partial charge in [0, 0.05) is 22.5 Å². The zero-order valence-corrected chi connectivity index (χ0v) is 19.1. The standard InChI is InChI=1S/C20H20BrN3O3S2/c1-13(14-6-8-18(9-7-14)29(22,26)27)24(2)19(25)11-17-12-28-20(23-17)15-4-3-5-16(21)10-15/h3-10,12-13H,11H2,1-2H3,(H2,22,26,27). The number of benzene rings is 2. The fraction of sp³-hybridized carbons (Fsp3) is 0.200. The number of thiazole rings is 1. The Balaban J connectivity index is 1.69. The van der Waals surface area contributed by atoms with Crippen molar-refractivity contribution in [1.29, 1.82) is 0 Å². The molecule has 1 aromatic heterocycles. The van der Waals surface area contributed by atoms with Crippen molar-refractivity contribution in [2.45, 2.75) is 24.3 Å². The summed E-state index contributed by atoms with van der Waals surface area (Å²) in [6.45, 7) is 1.89. The number of likely N-dealkylation sites (N-methyl/N-ethyl adjacent to an activating group) is 1. The van der Waals surface area contributed by atoms with Crippen LogP contribution < -0.4 is 5.14 Å². The molecule has 3 rings (SSSR count). The summed E-state index contributed by atoms with van der Waals surface area (Å²) >= 11 is 4.96. The summed E-state index contributed by atoms with van der Waals surface area (Å²) in [5, 5.41) is 7.89. The van der Waals surface area contributed by atoms with Crippen LogP contribution in [0.2, 0.25) is 0 Å². The first kappa shape index (κ1) is 21.6. The number of carbonyl (C=O) groups is 1. The van der Waals surface area contributed by atoms with Gasteiger partial charge in [0.1, 0.15) is 5.01 Å². The minimum Gasteiger partial charge on any atom is -0.339 e. The number of carbonyl (C=O) groups excluding carboxylic acids is 1. The molecule has 29 heavy (non-hydrogen) atoms. The lowest BCUT2D eigenvalue weighted by atomic mass is 10.1. The van der Waals surface area contributed by atoms with Crippen molar-refractivity contribution >= 4 is 43.2 Å². The monoisotopic (exact) mass is 493 g/mol. The molecule has 0 aliphatic heterocycles. The van der Waals surface area contributed by atoms with Gasteiger partial charge in [0.15, 0.2) is 0 Å². The van der Waals surface area contributed by atoms with Crippen molar-refractivity contribution in [3.05, 3.63) is 69.6 Å². The second kappa shape index (κ2) is 8.74. The maximum Gasteiger partial charge on any atom is 0.238 e. The molecule has 6 nitrogen and oxygen atoms in total. The number of hydrogen-bond acceptors (Lipinski definition) is 5. The third-order valence-corrected chi connectivity index (χ3v) is 6.98. The van der Waals surface area contributed by atoms with Crippen molar-refractivity contribution in [3.63, 3.8) is 0 Å². The van der Waals surface area contributed by atoms with Crippen LogP contribution in [0, 0.1) is 0 Å². The lowest BCUT2D eigenvalue weighted by Crippen LogP contribution is -2.31. The van der Waals surface area contributed by atoms with Crippen LogP contribution in [-0.4, -0.2) is 31.3 Å². The number of amides is 1. The normalized spacial score (nSPS) is 12.6. The van der Waals surface area contributed by atoms with Gasteiger partial charge in [0.05, 0.1) is 23.1 Å². The average molecular weight is 494 g/mol. The molecule has 3 aromatic rings. The third kappa shape index (κ3) is 5.30. The minimum atomic E-state index is -3.74. The summed E-state index contributed by atoms with van der Waals surface area (Å²) in [7, 11) is -2.01. The van der Waals surface area contributed by atoms with Crippen molar-refractivity contribution in [2.24, 2.45) is 5.14 Å². The minimum absolute atomic E-state index is 0.0463. The zero-order valence-electron chi connectivity index (χ0n) is 15.9. The van der Waals surface area contributed by atoms with Gasteiger partial charge < -0.3 is 4.90 Å². The lowest BCUT2D eigenvalue weighted by molar-refractivity contribution is -0.131. The number of nitrogens with two attached hydrogens (primary N) is 1. The zero-order chi connectivity index (χ0) is 21.2. The second-order valence-electron chi connectivity index (χ2n) is 6.63. The maximum atomic E-state index is 12.7. The van der Waals surface area contributed by atoms with Crippen LogP contribution >= 0.6 is 27.3 Å². The van der Waals surface area contributed by atoms with Gasteiger partial charge in [0.25, 0.3) is 0 Å². The molecule has 2 aromatic carbocycles. The summed E-state index contributed by atoms with van der Waals surface area (Å²) in [5.74, 6) is -0.0703. The first-order valence-electron chi connectivity index (χ1n) is 8.74. The molecule has 0 aliphatic carbocycles. The highest BCUT2D eigenvalue weighted by atomic mass is 79.9. The molecule has 1 amide bonds. The highest BCUT2D eigenvalue weighted by Gasteiger charge is 2.19. The number of rotatable bonds is 6. The first-order chi connectivity index (χ1) is 13.6. The number of primary sulfonamides is 1. The van der Waals surface area contributed by atoms with Crippen molar-refractivity contribution < 1.29 is 13.2 Å². The van der Waals surface area contributed by atoms with Crippen LogP contribution in [0.4, 0.5) is 0 Å². The quantitative estimate of drug-likeness (QED) is 0.561. The molecule has 152 valence electrons. The Morgan fingerprint density at radius 1 is 1.24 bits per heavy atom. The van der Waals surface area contributed by atoms with Gasteiger partial charge in [-0.3, -0.25) is 4.79 Å². The molecule has 0 aliphatic rings. The molecule has 0 fully saturated rings. The van der Waals surface area contributed by atoms with Crippen LogP contribution in [-0.2, 0) is 21.2 Å². The van der Waals surface area contributed by atoms with E-state index in [0.29, 0.717) is 0 Å². The summed E-state index contributed by atoms with van der Waals surface area (Å²) in [6.07, 6.45) is 0.195. The highest BCUT2D eigenvalue weighted by molar-refractivity contribution is 9.10. The second-order valence-corrected chi connectivity index (χ2v) is 9.96. The van der Waals surface area contributed by atoms with E-state index in [0.717, 1.165) is 26.3 Å². The fourth-order valence-corrected chi connectivity index (χ4v) is 4.53. The van der Waals surface area contributed by atoms with E-state index in [1.165, 1.54) is 23.5 Å². The van der Waals surface area contributed by atoms with Gasteiger partial charge in [-0.1, -0.05) is 40.2 Å². The molecule has 1 atom stereocenters. The third-order valence-electron chi connectivity index (χ3n) is 4.62. The Morgan fingerprint density at radius 3 is 2.55 bits per heavy atom. The molecule has 1 unspecified atom stereocenters. The molecule has 0 spiro atoms. The van der Waals surface area contributed by atoms with E-state index < -0.39 is 10.0 Å². The number of nitrogens with zero attached hydrogens (tertiary/aromatic N) is 2. The Labute approximate surface area is 182 Å². The Bertz CT molecular complexity index is 1130. The number of halogens is 1. The van der Waals surface area contributed by atoms with E-state index in [-0.39, 0.29) is 23.3 Å². The molecule has 9 heteroatoms. The van der Waals surface area contributed by atoms with Gasteiger partial charge in [0.2, 0.25) is 15.9 Å². The maximum absolute atomic E-state index is 12.7. The van der Waals surface area contributed by atoms with Crippen molar-refractivity contribution in [3.8, 4) is 10.6 Å².